The van der Waals surface area contributed by atoms with E-state index in [9.17, 15) is 0 Å². The minimum Gasteiger partial charge on any atom is -0.382 e. The Balaban J connectivity index is 2.36. The molecule has 0 amide bonds. The van der Waals surface area contributed by atoms with Crippen LogP contribution in [0.15, 0.2) is 0 Å². The van der Waals surface area contributed by atoms with Crippen molar-refractivity contribution in [3.05, 3.63) is 0 Å². The van der Waals surface area contributed by atoms with Crippen molar-refractivity contribution in [2.45, 2.75) is 65.8 Å². The van der Waals surface area contributed by atoms with Crippen molar-refractivity contribution in [3.63, 3.8) is 0 Å². The minimum absolute atomic E-state index is 0.426. The summed E-state index contributed by atoms with van der Waals surface area (Å²) < 4.78 is 5.41. The maximum Gasteiger partial charge on any atom is 0.0466 e. The second kappa shape index (κ2) is 6.75. The lowest BCUT2D eigenvalue weighted by molar-refractivity contribution is 0.104. The molecule has 3 unspecified atom stereocenters. The van der Waals surface area contributed by atoms with Crippen LogP contribution >= 0.6 is 0 Å². The molecule has 0 aromatic heterocycles. The van der Waals surface area contributed by atoms with Crippen LogP contribution in [0.4, 0.5) is 0 Å². The summed E-state index contributed by atoms with van der Waals surface area (Å²) in [5.74, 6) is 1.56. The van der Waals surface area contributed by atoms with Gasteiger partial charge < -0.3 is 10.5 Å². The van der Waals surface area contributed by atoms with Gasteiger partial charge in [-0.05, 0) is 56.3 Å². The van der Waals surface area contributed by atoms with E-state index in [0.717, 1.165) is 19.1 Å². The van der Waals surface area contributed by atoms with Crippen LogP contribution in [0, 0.1) is 17.3 Å². The van der Waals surface area contributed by atoms with Crippen LogP contribution in [-0.4, -0.2) is 19.3 Å². The molecule has 1 rings (SSSR count). The molecule has 1 saturated carbocycles. The highest BCUT2D eigenvalue weighted by atomic mass is 16.5. The lowest BCUT2D eigenvalue weighted by Crippen LogP contribution is -2.39. The molecule has 2 nitrogen and oxygen atoms in total. The molecule has 0 saturated heterocycles. The van der Waals surface area contributed by atoms with Crippen LogP contribution in [-0.2, 0) is 4.74 Å². The van der Waals surface area contributed by atoms with Crippen LogP contribution in [0.1, 0.15) is 59.8 Å². The average molecular weight is 241 g/mol. The van der Waals surface area contributed by atoms with E-state index in [2.05, 4.69) is 27.7 Å². The molecule has 1 fully saturated rings. The molecule has 2 N–H and O–H groups in total. The Bertz CT molecular complexity index is 209. The number of ether oxygens (including phenoxy) is 1. The van der Waals surface area contributed by atoms with Crippen molar-refractivity contribution < 1.29 is 4.74 Å². The van der Waals surface area contributed by atoms with Gasteiger partial charge in [-0.25, -0.2) is 0 Å². The Labute approximate surface area is 107 Å². The minimum atomic E-state index is 0.426. The van der Waals surface area contributed by atoms with E-state index in [-0.39, 0.29) is 0 Å². The standard InChI is InChI=1S/C15H31NO/c1-5-17-10-6-7-12-11-13(15(2,3)4)8-9-14(12)16/h12-14H,5-11,16H2,1-4H3. The van der Waals surface area contributed by atoms with Crippen molar-refractivity contribution in [3.8, 4) is 0 Å². The van der Waals surface area contributed by atoms with Crippen LogP contribution in [0.5, 0.6) is 0 Å². The van der Waals surface area contributed by atoms with Crippen LogP contribution in [0.25, 0.3) is 0 Å². The van der Waals surface area contributed by atoms with E-state index in [1.807, 2.05) is 0 Å². The summed E-state index contributed by atoms with van der Waals surface area (Å²) in [6, 6.07) is 0.426. The average Bonchev–Trinajstić information content (AvgIpc) is 2.25. The Morgan fingerprint density at radius 1 is 1.24 bits per heavy atom. The summed E-state index contributed by atoms with van der Waals surface area (Å²) in [6.45, 7) is 10.9. The number of hydrogen-bond donors (Lipinski definition) is 1. The van der Waals surface area contributed by atoms with Gasteiger partial charge in [0.25, 0.3) is 0 Å². The predicted molar refractivity (Wildman–Crippen MR) is 74.0 cm³/mol. The predicted octanol–water partition coefficient (Wildman–Crippen LogP) is 3.59. The third kappa shape index (κ3) is 4.97. The topological polar surface area (TPSA) is 35.2 Å². The van der Waals surface area contributed by atoms with E-state index in [1.165, 1.54) is 32.1 Å². The van der Waals surface area contributed by atoms with Gasteiger partial charge in [-0.15, -0.1) is 0 Å². The normalized spacial score (nSPS) is 30.5. The zero-order chi connectivity index (χ0) is 12.9. The van der Waals surface area contributed by atoms with Crippen LogP contribution < -0.4 is 5.73 Å². The fraction of sp³-hybridized carbons (Fsp3) is 1.00. The Kier molecular flexibility index (Phi) is 5.94. The van der Waals surface area contributed by atoms with Gasteiger partial charge in [0.15, 0.2) is 0 Å². The molecule has 102 valence electrons. The lowest BCUT2D eigenvalue weighted by Gasteiger charge is -2.40. The maximum absolute atomic E-state index is 6.26. The summed E-state index contributed by atoms with van der Waals surface area (Å²) in [5, 5.41) is 0. The van der Waals surface area contributed by atoms with E-state index < -0.39 is 0 Å². The molecule has 3 atom stereocenters. The largest absolute Gasteiger partial charge is 0.382 e. The first-order valence-corrected chi connectivity index (χ1v) is 7.28. The quantitative estimate of drug-likeness (QED) is 0.747. The smallest absolute Gasteiger partial charge is 0.0466 e. The Morgan fingerprint density at radius 3 is 2.53 bits per heavy atom. The lowest BCUT2D eigenvalue weighted by atomic mass is 9.67. The first-order chi connectivity index (χ1) is 7.95. The van der Waals surface area contributed by atoms with Gasteiger partial charge in [0.2, 0.25) is 0 Å². The highest BCUT2D eigenvalue weighted by Gasteiger charge is 2.33. The van der Waals surface area contributed by atoms with E-state index in [0.29, 0.717) is 17.4 Å². The molecule has 0 spiro atoms. The molecule has 1 aliphatic rings. The van der Waals surface area contributed by atoms with Gasteiger partial charge >= 0.3 is 0 Å². The first-order valence-electron chi connectivity index (χ1n) is 7.28. The van der Waals surface area contributed by atoms with E-state index in [1.54, 1.807) is 0 Å². The molecule has 0 heterocycles. The number of nitrogens with two attached hydrogens (primary N) is 1. The second-order valence-corrected chi connectivity index (χ2v) is 6.64. The van der Waals surface area contributed by atoms with Crippen molar-refractivity contribution in [2.75, 3.05) is 13.2 Å². The Hall–Kier alpha value is -0.0800. The van der Waals surface area contributed by atoms with Gasteiger partial charge in [0.1, 0.15) is 0 Å². The summed E-state index contributed by atoms with van der Waals surface area (Å²) in [7, 11) is 0. The monoisotopic (exact) mass is 241 g/mol. The summed E-state index contributed by atoms with van der Waals surface area (Å²) >= 11 is 0. The fourth-order valence-corrected chi connectivity index (χ4v) is 3.00. The zero-order valence-electron chi connectivity index (χ0n) is 12.2. The summed E-state index contributed by atoms with van der Waals surface area (Å²) in [4.78, 5) is 0. The molecule has 0 radical (unpaired) electrons. The van der Waals surface area contributed by atoms with Crippen LogP contribution in [0.2, 0.25) is 0 Å². The highest BCUT2D eigenvalue weighted by Crippen LogP contribution is 2.41. The van der Waals surface area contributed by atoms with E-state index >= 15 is 0 Å². The van der Waals surface area contributed by atoms with Crippen molar-refractivity contribution in [2.24, 2.45) is 23.0 Å². The molecule has 1 aliphatic carbocycles. The molecule has 0 bridgehead atoms. The summed E-state index contributed by atoms with van der Waals surface area (Å²) in [5.41, 5.74) is 6.70. The van der Waals surface area contributed by atoms with Gasteiger partial charge in [0, 0.05) is 19.3 Å². The molecular weight excluding hydrogens is 210 g/mol. The van der Waals surface area contributed by atoms with Gasteiger partial charge in [-0.3, -0.25) is 0 Å². The molecule has 0 aromatic rings. The van der Waals surface area contributed by atoms with Crippen molar-refractivity contribution in [1.29, 1.82) is 0 Å². The maximum atomic E-state index is 6.26. The van der Waals surface area contributed by atoms with Crippen molar-refractivity contribution in [1.82, 2.24) is 0 Å². The Morgan fingerprint density at radius 2 is 1.94 bits per heavy atom. The summed E-state index contributed by atoms with van der Waals surface area (Å²) in [6.07, 6.45) is 6.25. The number of hydrogen-bond acceptors (Lipinski definition) is 2. The zero-order valence-corrected chi connectivity index (χ0v) is 12.2. The molecule has 0 aliphatic heterocycles. The van der Waals surface area contributed by atoms with Gasteiger partial charge in [-0.1, -0.05) is 20.8 Å². The molecule has 2 heteroatoms. The van der Waals surface area contributed by atoms with Gasteiger partial charge in [-0.2, -0.15) is 0 Å². The third-order valence-electron chi connectivity index (χ3n) is 4.33. The SMILES string of the molecule is CCOCCCC1CC(C(C)(C)C)CCC1N. The molecular formula is C15H31NO. The molecule has 17 heavy (non-hydrogen) atoms. The fourth-order valence-electron chi connectivity index (χ4n) is 3.00. The second-order valence-electron chi connectivity index (χ2n) is 6.64. The molecule has 0 aromatic carbocycles. The van der Waals surface area contributed by atoms with Gasteiger partial charge in [0.05, 0.1) is 0 Å². The highest BCUT2D eigenvalue weighted by molar-refractivity contribution is 4.87. The van der Waals surface area contributed by atoms with E-state index in [4.69, 9.17) is 10.5 Å². The van der Waals surface area contributed by atoms with Crippen molar-refractivity contribution >= 4 is 0 Å². The first kappa shape index (κ1) is 15.0. The van der Waals surface area contributed by atoms with Crippen LogP contribution in [0.3, 0.4) is 0 Å². The third-order valence-corrected chi connectivity index (χ3v) is 4.33. The number of rotatable bonds is 5.